The Bertz CT molecular complexity index is 437. The van der Waals surface area contributed by atoms with E-state index in [1.54, 1.807) is 6.07 Å². The van der Waals surface area contributed by atoms with Gasteiger partial charge in [-0.3, -0.25) is 4.98 Å². The van der Waals surface area contributed by atoms with Crippen LogP contribution in [0.3, 0.4) is 0 Å². The van der Waals surface area contributed by atoms with Crippen molar-refractivity contribution < 1.29 is 18.1 Å². The molecule has 0 aromatic carbocycles. The zero-order valence-corrected chi connectivity index (χ0v) is 12.9. The van der Waals surface area contributed by atoms with Crippen molar-refractivity contribution in [2.75, 3.05) is 0 Å². The molecule has 0 radical (unpaired) electrons. The summed E-state index contributed by atoms with van der Waals surface area (Å²) in [5.74, 6) is 0. The molecule has 2 heterocycles. The normalized spacial score (nSPS) is 19.8. The molecule has 112 valence electrons. The first-order valence-corrected chi connectivity index (χ1v) is 6.82. The van der Waals surface area contributed by atoms with Gasteiger partial charge in [0.05, 0.1) is 11.2 Å². The van der Waals surface area contributed by atoms with Gasteiger partial charge in [-0.15, -0.1) is 0 Å². The molecule has 3 nitrogen and oxygen atoms in total. The maximum Gasteiger partial charge on any atom is 0.494 e. The molecule has 0 unspecified atom stereocenters. The van der Waals surface area contributed by atoms with Crippen LogP contribution in [-0.2, 0) is 9.31 Å². The van der Waals surface area contributed by atoms with Gasteiger partial charge in [-0.05, 0) is 45.3 Å². The molecule has 0 aliphatic carbocycles. The van der Waals surface area contributed by atoms with Crippen LogP contribution in [0.1, 0.15) is 53.7 Å². The van der Waals surface area contributed by atoms with Gasteiger partial charge in [0, 0.05) is 6.20 Å². The minimum Gasteiger partial charge on any atom is -0.399 e. The van der Waals surface area contributed by atoms with Gasteiger partial charge in [-0.1, -0.05) is 13.8 Å². The van der Waals surface area contributed by atoms with Crippen molar-refractivity contribution in [3.63, 3.8) is 0 Å². The lowest BCUT2D eigenvalue weighted by atomic mass is 9.79. The van der Waals surface area contributed by atoms with E-state index in [1.165, 1.54) is 12.3 Å². The third-order valence-electron chi connectivity index (χ3n) is 3.55. The summed E-state index contributed by atoms with van der Waals surface area (Å²) in [6, 6.07) is 2.96. The fourth-order valence-electron chi connectivity index (χ4n) is 1.71. The second kappa shape index (κ2) is 6.18. The van der Waals surface area contributed by atoms with Crippen molar-refractivity contribution in [1.82, 2.24) is 4.98 Å². The van der Waals surface area contributed by atoms with Crippen LogP contribution in [0, 0.1) is 0 Å². The number of pyridine rings is 1. The first kappa shape index (κ1) is 17.0. The minimum atomic E-state index is -2.59. The zero-order chi connectivity index (χ0) is 15.6. The summed E-state index contributed by atoms with van der Waals surface area (Å²) >= 11 is 0. The Kier molecular flexibility index (Phi) is 5.27. The number of halogens is 2. The van der Waals surface area contributed by atoms with Crippen molar-refractivity contribution in [1.29, 1.82) is 0 Å². The van der Waals surface area contributed by atoms with Gasteiger partial charge < -0.3 is 9.31 Å². The molecule has 20 heavy (non-hydrogen) atoms. The average Bonchev–Trinajstić information content (AvgIpc) is 2.61. The monoisotopic (exact) mass is 285 g/mol. The molecule has 0 bridgehead atoms. The highest BCUT2D eigenvalue weighted by atomic mass is 19.3. The highest BCUT2D eigenvalue weighted by Gasteiger charge is 2.51. The topological polar surface area (TPSA) is 31.4 Å². The maximum atomic E-state index is 12.6. The highest BCUT2D eigenvalue weighted by Crippen LogP contribution is 2.36. The lowest BCUT2D eigenvalue weighted by molar-refractivity contribution is 0.00578. The van der Waals surface area contributed by atoms with E-state index in [9.17, 15) is 8.78 Å². The molecule has 0 saturated carbocycles. The number of alkyl halides is 2. The van der Waals surface area contributed by atoms with Gasteiger partial charge in [0.2, 0.25) is 0 Å². The van der Waals surface area contributed by atoms with E-state index in [0.717, 1.165) is 0 Å². The summed E-state index contributed by atoms with van der Waals surface area (Å²) in [5, 5.41) is 0. The van der Waals surface area contributed by atoms with Gasteiger partial charge in [0.1, 0.15) is 5.69 Å². The lowest BCUT2D eigenvalue weighted by Gasteiger charge is -2.32. The third-order valence-corrected chi connectivity index (χ3v) is 3.55. The molecule has 1 aliphatic rings. The van der Waals surface area contributed by atoms with Gasteiger partial charge in [0.25, 0.3) is 6.43 Å². The van der Waals surface area contributed by atoms with Crippen LogP contribution in [-0.4, -0.2) is 23.3 Å². The summed E-state index contributed by atoms with van der Waals surface area (Å²) in [6.45, 7) is 11.7. The maximum absolute atomic E-state index is 12.6. The fourth-order valence-corrected chi connectivity index (χ4v) is 1.71. The van der Waals surface area contributed by atoms with Crippen molar-refractivity contribution >= 4 is 12.6 Å². The Hall–Kier alpha value is -1.01. The Labute approximate surface area is 119 Å². The Morgan fingerprint density at radius 3 is 2.05 bits per heavy atom. The van der Waals surface area contributed by atoms with Gasteiger partial charge in [0.15, 0.2) is 0 Å². The lowest BCUT2D eigenvalue weighted by Crippen LogP contribution is -2.41. The predicted molar refractivity (Wildman–Crippen MR) is 76.3 cm³/mol. The zero-order valence-electron chi connectivity index (χ0n) is 12.9. The molecule has 0 N–H and O–H groups in total. The molecule has 1 saturated heterocycles. The molecule has 6 heteroatoms. The summed E-state index contributed by atoms with van der Waals surface area (Å²) in [7, 11) is -0.629. The Balaban J connectivity index is 0.000000956. The number of rotatable bonds is 2. The number of hydrogen-bond acceptors (Lipinski definition) is 3. The average molecular weight is 285 g/mol. The molecular formula is C14H22BF2NO2. The second-order valence-electron chi connectivity index (χ2n) is 5.40. The van der Waals surface area contributed by atoms with E-state index in [0.29, 0.717) is 5.46 Å². The first-order valence-electron chi connectivity index (χ1n) is 6.82. The van der Waals surface area contributed by atoms with E-state index in [-0.39, 0.29) is 5.69 Å². The molecule has 0 spiro atoms. The van der Waals surface area contributed by atoms with E-state index in [4.69, 9.17) is 9.31 Å². The van der Waals surface area contributed by atoms with Gasteiger partial charge in [-0.2, -0.15) is 0 Å². The second-order valence-corrected chi connectivity index (χ2v) is 5.40. The van der Waals surface area contributed by atoms with Crippen LogP contribution in [0.15, 0.2) is 18.3 Å². The van der Waals surface area contributed by atoms with Crippen LogP contribution in [0.4, 0.5) is 8.78 Å². The smallest absolute Gasteiger partial charge is 0.399 e. The third kappa shape index (κ3) is 3.36. The largest absolute Gasteiger partial charge is 0.494 e. The molecule has 1 aromatic rings. The summed E-state index contributed by atoms with van der Waals surface area (Å²) in [4.78, 5) is 3.62. The van der Waals surface area contributed by atoms with Crippen LogP contribution in [0.2, 0.25) is 0 Å². The van der Waals surface area contributed by atoms with Crippen LogP contribution in [0.5, 0.6) is 0 Å². The number of aromatic nitrogens is 1. The van der Waals surface area contributed by atoms with Gasteiger partial charge >= 0.3 is 7.12 Å². The fraction of sp³-hybridized carbons (Fsp3) is 0.643. The molecule has 1 aliphatic heterocycles. The van der Waals surface area contributed by atoms with Crippen molar-refractivity contribution in [2.45, 2.75) is 59.2 Å². The minimum absolute atomic E-state index is 0.262. The summed E-state index contributed by atoms with van der Waals surface area (Å²) < 4.78 is 36.8. The molecule has 1 aromatic heterocycles. The van der Waals surface area contributed by atoms with E-state index >= 15 is 0 Å². The number of hydrogen-bond donors (Lipinski definition) is 0. The quantitative estimate of drug-likeness (QED) is 0.781. The van der Waals surface area contributed by atoms with Crippen molar-refractivity contribution in [3.05, 3.63) is 24.0 Å². The summed E-state index contributed by atoms with van der Waals surface area (Å²) in [5.41, 5.74) is -0.654. The Morgan fingerprint density at radius 2 is 1.60 bits per heavy atom. The van der Waals surface area contributed by atoms with E-state index < -0.39 is 24.7 Å². The van der Waals surface area contributed by atoms with Crippen molar-refractivity contribution in [3.8, 4) is 0 Å². The molecule has 0 atom stereocenters. The van der Waals surface area contributed by atoms with Crippen LogP contribution in [0.25, 0.3) is 0 Å². The van der Waals surface area contributed by atoms with E-state index in [1.807, 2.05) is 41.5 Å². The van der Waals surface area contributed by atoms with Gasteiger partial charge in [-0.25, -0.2) is 8.78 Å². The predicted octanol–water partition coefficient (Wildman–Crippen LogP) is 3.34. The van der Waals surface area contributed by atoms with Crippen molar-refractivity contribution in [2.24, 2.45) is 0 Å². The van der Waals surface area contributed by atoms with E-state index in [2.05, 4.69) is 4.98 Å². The standard InChI is InChI=1S/C12H16BF2NO2.C2H6/c1-11(2)12(3,4)18-13(17-11)8-5-6-16-9(7-8)10(14)15;1-2/h5-7,10H,1-4H3;1-2H3. The SMILES string of the molecule is CC.CC1(C)OB(c2ccnc(C(F)F)c2)OC1(C)C. The summed E-state index contributed by atoms with van der Waals surface area (Å²) in [6.07, 6.45) is -1.24. The first-order chi connectivity index (χ1) is 9.23. The molecule has 1 fully saturated rings. The van der Waals surface area contributed by atoms with Crippen LogP contribution >= 0.6 is 0 Å². The molecule has 2 rings (SSSR count). The molecular weight excluding hydrogens is 263 g/mol. The van der Waals surface area contributed by atoms with Crippen LogP contribution < -0.4 is 5.46 Å². The highest BCUT2D eigenvalue weighted by molar-refractivity contribution is 6.62. The number of nitrogens with zero attached hydrogens (tertiary/aromatic N) is 1. The molecule has 0 amide bonds. The Morgan fingerprint density at radius 1 is 1.10 bits per heavy atom.